The Morgan fingerprint density at radius 1 is 0.537 bits per heavy atom. The van der Waals surface area contributed by atoms with Gasteiger partial charge in [0.25, 0.3) is 0 Å². The molecule has 0 radical (unpaired) electrons. The summed E-state index contributed by atoms with van der Waals surface area (Å²) in [6.07, 6.45) is 46.7. The van der Waals surface area contributed by atoms with Crippen LogP contribution in [-0.4, -0.2) is 46.9 Å². The average molecular weight is 762 g/mol. The SMILES string of the molecule is CCCCCCCCC/C=C/C=C/CCCCCC(=O)OC(CCCCCCCCCCC)CC(=O)NC(CO)C(O)CCCCCCCCCCCC. The first-order valence-corrected chi connectivity index (χ1v) is 23.6. The van der Waals surface area contributed by atoms with E-state index in [0.29, 0.717) is 19.3 Å². The van der Waals surface area contributed by atoms with Crippen molar-refractivity contribution in [3.05, 3.63) is 24.3 Å². The number of aliphatic hydroxyl groups is 2. The second kappa shape index (κ2) is 42.5. The van der Waals surface area contributed by atoms with E-state index in [2.05, 4.69) is 50.4 Å². The fourth-order valence-corrected chi connectivity index (χ4v) is 7.19. The number of hydrogen-bond acceptors (Lipinski definition) is 5. The largest absolute Gasteiger partial charge is 0.462 e. The number of amides is 1. The zero-order chi connectivity index (χ0) is 39.6. The third-order valence-corrected chi connectivity index (χ3v) is 10.8. The Balaban J connectivity index is 4.54. The highest BCUT2D eigenvalue weighted by molar-refractivity contribution is 5.77. The van der Waals surface area contributed by atoms with Crippen LogP contribution in [0, 0.1) is 0 Å². The molecule has 54 heavy (non-hydrogen) atoms. The van der Waals surface area contributed by atoms with Crippen LogP contribution in [0.4, 0.5) is 0 Å². The first-order chi connectivity index (χ1) is 26.5. The summed E-state index contributed by atoms with van der Waals surface area (Å²) in [6.45, 7) is 6.44. The number of esters is 1. The number of ether oxygens (including phenoxy) is 1. The van der Waals surface area contributed by atoms with Crippen molar-refractivity contribution in [2.24, 2.45) is 0 Å². The Labute approximate surface area is 335 Å². The summed E-state index contributed by atoms with van der Waals surface area (Å²) >= 11 is 0. The monoisotopic (exact) mass is 762 g/mol. The molecule has 0 aromatic carbocycles. The van der Waals surface area contributed by atoms with E-state index >= 15 is 0 Å². The van der Waals surface area contributed by atoms with Gasteiger partial charge in [-0.2, -0.15) is 0 Å². The molecule has 6 nitrogen and oxygen atoms in total. The molecule has 0 aromatic rings. The van der Waals surface area contributed by atoms with E-state index in [1.807, 2.05) is 0 Å². The maximum Gasteiger partial charge on any atom is 0.306 e. The van der Waals surface area contributed by atoms with Gasteiger partial charge in [-0.05, 0) is 51.4 Å². The second-order valence-electron chi connectivity index (χ2n) is 16.2. The molecule has 3 unspecified atom stereocenters. The van der Waals surface area contributed by atoms with Crippen LogP contribution in [0.15, 0.2) is 24.3 Å². The molecule has 318 valence electrons. The van der Waals surface area contributed by atoms with Gasteiger partial charge in [0.05, 0.1) is 25.2 Å². The molecule has 0 spiro atoms. The van der Waals surface area contributed by atoms with Gasteiger partial charge in [0.1, 0.15) is 6.10 Å². The summed E-state index contributed by atoms with van der Waals surface area (Å²) in [5, 5.41) is 23.6. The van der Waals surface area contributed by atoms with Gasteiger partial charge in [0, 0.05) is 6.42 Å². The minimum Gasteiger partial charge on any atom is -0.462 e. The van der Waals surface area contributed by atoms with Gasteiger partial charge in [0.2, 0.25) is 5.91 Å². The average Bonchev–Trinajstić information content (AvgIpc) is 3.16. The third-order valence-electron chi connectivity index (χ3n) is 10.8. The van der Waals surface area contributed by atoms with Gasteiger partial charge in [-0.15, -0.1) is 0 Å². The predicted molar refractivity (Wildman–Crippen MR) is 232 cm³/mol. The molecular weight excluding hydrogens is 671 g/mol. The van der Waals surface area contributed by atoms with Gasteiger partial charge in [-0.25, -0.2) is 0 Å². The molecule has 0 saturated heterocycles. The van der Waals surface area contributed by atoms with E-state index in [0.717, 1.165) is 64.2 Å². The Bertz CT molecular complexity index is 858. The Morgan fingerprint density at radius 2 is 0.926 bits per heavy atom. The number of unbranched alkanes of at least 4 members (excludes halogenated alkanes) is 27. The Hall–Kier alpha value is -1.66. The van der Waals surface area contributed by atoms with Gasteiger partial charge in [-0.1, -0.05) is 206 Å². The van der Waals surface area contributed by atoms with E-state index in [1.165, 1.54) is 135 Å². The minimum atomic E-state index is -0.785. The molecule has 0 bridgehead atoms. The lowest BCUT2D eigenvalue weighted by Crippen LogP contribution is -2.46. The predicted octanol–water partition coefficient (Wildman–Crippen LogP) is 13.6. The quantitative estimate of drug-likeness (QED) is 0.0327. The van der Waals surface area contributed by atoms with Crippen molar-refractivity contribution in [1.82, 2.24) is 5.32 Å². The van der Waals surface area contributed by atoms with E-state index in [-0.39, 0.29) is 24.9 Å². The molecule has 0 saturated carbocycles. The van der Waals surface area contributed by atoms with E-state index in [4.69, 9.17) is 4.74 Å². The summed E-state index contributed by atoms with van der Waals surface area (Å²) in [5.74, 6) is -0.500. The normalized spacial score (nSPS) is 13.5. The summed E-state index contributed by atoms with van der Waals surface area (Å²) < 4.78 is 5.88. The molecular formula is C48H91NO5. The second-order valence-corrected chi connectivity index (χ2v) is 16.2. The molecule has 3 atom stereocenters. The molecule has 0 aromatic heterocycles. The number of carbonyl (C=O) groups excluding carboxylic acids is 2. The van der Waals surface area contributed by atoms with Crippen molar-refractivity contribution >= 4 is 11.9 Å². The molecule has 1 amide bonds. The highest BCUT2D eigenvalue weighted by Crippen LogP contribution is 2.17. The van der Waals surface area contributed by atoms with Gasteiger partial charge >= 0.3 is 5.97 Å². The first-order valence-electron chi connectivity index (χ1n) is 23.6. The first kappa shape index (κ1) is 52.3. The van der Waals surface area contributed by atoms with Crippen molar-refractivity contribution in [3.63, 3.8) is 0 Å². The number of carbonyl (C=O) groups is 2. The minimum absolute atomic E-state index is 0.0709. The van der Waals surface area contributed by atoms with Crippen molar-refractivity contribution < 1.29 is 24.5 Å². The summed E-state index contributed by atoms with van der Waals surface area (Å²) in [6, 6.07) is -0.699. The van der Waals surface area contributed by atoms with E-state index < -0.39 is 18.2 Å². The summed E-state index contributed by atoms with van der Waals surface area (Å²) in [5.41, 5.74) is 0. The van der Waals surface area contributed by atoms with Gasteiger partial charge < -0.3 is 20.3 Å². The highest BCUT2D eigenvalue weighted by atomic mass is 16.5. The molecule has 0 rings (SSSR count). The van der Waals surface area contributed by atoms with Crippen LogP contribution >= 0.6 is 0 Å². The van der Waals surface area contributed by atoms with Crippen molar-refractivity contribution in [3.8, 4) is 0 Å². The Morgan fingerprint density at radius 3 is 1.37 bits per heavy atom. The number of allylic oxidation sites excluding steroid dienone is 4. The lowest BCUT2D eigenvalue weighted by Gasteiger charge is -2.24. The highest BCUT2D eigenvalue weighted by Gasteiger charge is 2.24. The molecule has 0 aliphatic rings. The molecule has 3 N–H and O–H groups in total. The molecule has 0 heterocycles. The molecule has 0 aliphatic carbocycles. The zero-order valence-corrected chi connectivity index (χ0v) is 36.1. The molecule has 0 aliphatic heterocycles. The molecule has 0 fully saturated rings. The van der Waals surface area contributed by atoms with Gasteiger partial charge in [-0.3, -0.25) is 9.59 Å². The molecule has 6 heteroatoms. The van der Waals surface area contributed by atoms with Crippen LogP contribution in [-0.2, 0) is 14.3 Å². The maximum absolute atomic E-state index is 13.1. The lowest BCUT2D eigenvalue weighted by atomic mass is 10.0. The number of nitrogens with one attached hydrogen (secondary N) is 1. The fraction of sp³-hybridized carbons (Fsp3) is 0.875. The van der Waals surface area contributed by atoms with Crippen LogP contribution in [0.2, 0.25) is 0 Å². The van der Waals surface area contributed by atoms with Crippen molar-refractivity contribution in [2.75, 3.05) is 6.61 Å². The van der Waals surface area contributed by atoms with Crippen LogP contribution in [0.25, 0.3) is 0 Å². The van der Waals surface area contributed by atoms with E-state index in [1.54, 1.807) is 0 Å². The smallest absolute Gasteiger partial charge is 0.306 e. The van der Waals surface area contributed by atoms with E-state index in [9.17, 15) is 19.8 Å². The number of hydrogen-bond donors (Lipinski definition) is 3. The van der Waals surface area contributed by atoms with Crippen molar-refractivity contribution in [2.45, 2.75) is 264 Å². The standard InChI is InChI=1S/C48H91NO5/c1-4-7-10-13-16-19-21-22-23-24-25-26-29-32-35-38-41-48(53)54-44(39-36-33-30-27-18-15-12-9-6-3)42-47(52)49-45(43-50)46(51)40-37-34-31-28-20-17-14-11-8-5-2/h23-26,44-46,50-51H,4-22,27-43H2,1-3H3,(H,49,52)/b24-23+,26-25+. The number of rotatable bonds is 42. The van der Waals surface area contributed by atoms with Crippen molar-refractivity contribution in [1.29, 1.82) is 0 Å². The van der Waals surface area contributed by atoms with Gasteiger partial charge in [0.15, 0.2) is 0 Å². The summed E-state index contributed by atoms with van der Waals surface area (Å²) in [7, 11) is 0. The summed E-state index contributed by atoms with van der Waals surface area (Å²) in [4.78, 5) is 25.9. The third kappa shape index (κ3) is 37.3. The zero-order valence-electron chi connectivity index (χ0n) is 36.1. The topological polar surface area (TPSA) is 95.9 Å². The Kier molecular flexibility index (Phi) is 41.2. The van der Waals surface area contributed by atoms with Crippen LogP contribution in [0.5, 0.6) is 0 Å². The fourth-order valence-electron chi connectivity index (χ4n) is 7.19. The number of aliphatic hydroxyl groups excluding tert-OH is 2. The van der Waals surface area contributed by atoms with Crippen LogP contribution in [0.3, 0.4) is 0 Å². The van der Waals surface area contributed by atoms with Crippen LogP contribution in [0.1, 0.15) is 245 Å². The van der Waals surface area contributed by atoms with Crippen LogP contribution < -0.4 is 5.32 Å². The lowest BCUT2D eigenvalue weighted by molar-refractivity contribution is -0.151. The maximum atomic E-state index is 13.1.